The summed E-state index contributed by atoms with van der Waals surface area (Å²) >= 11 is 0. The van der Waals surface area contributed by atoms with Crippen LogP contribution in [-0.4, -0.2) is 54.6 Å². The molecule has 1 N–H and O–H groups in total. The molecule has 1 fully saturated rings. The number of aromatic nitrogens is 1. The van der Waals surface area contributed by atoms with Gasteiger partial charge in [0, 0.05) is 18.1 Å². The average Bonchev–Trinajstić information content (AvgIpc) is 3.22. The summed E-state index contributed by atoms with van der Waals surface area (Å²) in [5, 5.41) is 9.89. The molecule has 8 heteroatoms. The summed E-state index contributed by atoms with van der Waals surface area (Å²) in [6, 6.07) is 12.4. The first-order chi connectivity index (χ1) is 14.9. The van der Waals surface area contributed by atoms with Crippen molar-refractivity contribution in [1.29, 1.82) is 0 Å². The fourth-order valence-electron chi connectivity index (χ4n) is 3.96. The first-order valence-electron chi connectivity index (χ1n) is 10.5. The van der Waals surface area contributed by atoms with Crippen molar-refractivity contribution in [3.05, 3.63) is 60.3 Å². The Morgan fingerprint density at radius 3 is 2.61 bits per heavy atom. The number of aromatic carboxylic acids is 1. The van der Waals surface area contributed by atoms with Gasteiger partial charge in [0.15, 0.2) is 0 Å². The largest absolute Gasteiger partial charge is 0.494 e. The Morgan fingerprint density at radius 2 is 1.84 bits per heavy atom. The Hall–Kier alpha value is -2.84. The number of nitrogens with zero attached hydrogens (tertiary/aromatic N) is 2. The lowest BCUT2D eigenvalue weighted by Gasteiger charge is -2.26. The Balaban J connectivity index is 1.47. The van der Waals surface area contributed by atoms with Gasteiger partial charge in [-0.25, -0.2) is 17.2 Å². The molecule has 3 aromatic rings. The summed E-state index contributed by atoms with van der Waals surface area (Å²) in [5.41, 5.74) is 0.444. The van der Waals surface area contributed by atoms with Crippen molar-refractivity contribution in [2.75, 3.05) is 26.2 Å². The highest BCUT2D eigenvalue weighted by atomic mass is 32.2. The maximum absolute atomic E-state index is 13.1. The maximum Gasteiger partial charge on any atom is 0.335 e. The van der Waals surface area contributed by atoms with E-state index in [4.69, 9.17) is 9.84 Å². The van der Waals surface area contributed by atoms with Crippen LogP contribution in [0.25, 0.3) is 10.9 Å². The van der Waals surface area contributed by atoms with Crippen molar-refractivity contribution in [2.45, 2.75) is 30.6 Å². The van der Waals surface area contributed by atoms with Crippen LogP contribution in [0.5, 0.6) is 5.75 Å². The molecular weight excluding hydrogens is 416 g/mol. The van der Waals surface area contributed by atoms with Gasteiger partial charge in [-0.05, 0) is 74.8 Å². The van der Waals surface area contributed by atoms with Crippen LogP contribution in [0.1, 0.15) is 36.0 Å². The van der Waals surface area contributed by atoms with Crippen molar-refractivity contribution < 1.29 is 23.1 Å². The van der Waals surface area contributed by atoms with Gasteiger partial charge < -0.3 is 14.7 Å². The molecule has 0 bridgehead atoms. The van der Waals surface area contributed by atoms with E-state index in [-0.39, 0.29) is 10.5 Å². The van der Waals surface area contributed by atoms with Gasteiger partial charge >= 0.3 is 5.97 Å². The second kappa shape index (κ2) is 9.11. The third-order valence-corrected chi connectivity index (χ3v) is 7.29. The Kier molecular flexibility index (Phi) is 6.29. The second-order valence-electron chi connectivity index (χ2n) is 7.77. The third kappa shape index (κ3) is 4.75. The number of carboxylic acids is 1. The molecule has 1 aliphatic heterocycles. The normalized spacial score (nSPS) is 15.2. The lowest BCUT2D eigenvalue weighted by molar-refractivity contribution is 0.0696. The minimum atomic E-state index is -3.92. The van der Waals surface area contributed by atoms with Crippen molar-refractivity contribution >= 4 is 26.9 Å². The van der Waals surface area contributed by atoms with Crippen molar-refractivity contribution in [3.8, 4) is 5.75 Å². The monoisotopic (exact) mass is 442 g/mol. The van der Waals surface area contributed by atoms with Gasteiger partial charge in [0.25, 0.3) is 10.0 Å². The van der Waals surface area contributed by atoms with Gasteiger partial charge in [0.1, 0.15) is 5.75 Å². The van der Waals surface area contributed by atoms with E-state index in [1.54, 1.807) is 18.2 Å². The predicted octanol–water partition coefficient (Wildman–Crippen LogP) is 3.83. The molecule has 2 aromatic carbocycles. The topological polar surface area (TPSA) is 88.8 Å². The smallest absolute Gasteiger partial charge is 0.335 e. The summed E-state index contributed by atoms with van der Waals surface area (Å²) in [4.78, 5) is 13.6. The van der Waals surface area contributed by atoms with Crippen LogP contribution < -0.4 is 4.74 Å². The number of hydrogen-bond donors (Lipinski definition) is 1. The molecule has 4 rings (SSSR count). The average molecular weight is 443 g/mol. The standard InChI is InChI=1S/C23H26N2O5S/c26-23(27)19-6-4-7-21(17-19)31(28,29)25-14-10-18-16-20(8-9-22(18)25)30-15-5-13-24-11-2-1-3-12-24/h4,6-10,14,16-17H,1-3,5,11-13,15H2,(H,26,27). The summed E-state index contributed by atoms with van der Waals surface area (Å²) < 4.78 is 33.2. The number of likely N-dealkylation sites (tertiary alicyclic amines) is 1. The second-order valence-corrected chi connectivity index (χ2v) is 9.59. The highest BCUT2D eigenvalue weighted by molar-refractivity contribution is 7.90. The van der Waals surface area contributed by atoms with Gasteiger partial charge in [-0.2, -0.15) is 0 Å². The number of rotatable bonds is 8. The fraction of sp³-hybridized carbons (Fsp3) is 0.348. The molecule has 1 aliphatic rings. The molecule has 31 heavy (non-hydrogen) atoms. The van der Waals surface area contributed by atoms with Crippen molar-refractivity contribution in [1.82, 2.24) is 8.87 Å². The number of carboxylic acid groups (broad SMARTS) is 1. The van der Waals surface area contributed by atoms with Gasteiger partial charge in [0.05, 0.1) is 22.6 Å². The zero-order valence-corrected chi connectivity index (χ0v) is 18.1. The van der Waals surface area contributed by atoms with Crippen LogP contribution in [0.2, 0.25) is 0 Å². The molecule has 164 valence electrons. The van der Waals surface area contributed by atoms with E-state index in [9.17, 15) is 13.2 Å². The first kappa shape index (κ1) is 21.4. The van der Waals surface area contributed by atoms with Crippen LogP contribution >= 0.6 is 0 Å². The molecule has 1 aromatic heterocycles. The van der Waals surface area contributed by atoms with Crippen molar-refractivity contribution in [2.24, 2.45) is 0 Å². The van der Waals surface area contributed by atoms with Gasteiger partial charge in [-0.1, -0.05) is 12.5 Å². The molecule has 1 saturated heterocycles. The highest BCUT2D eigenvalue weighted by Crippen LogP contribution is 2.26. The number of ether oxygens (including phenoxy) is 1. The zero-order valence-electron chi connectivity index (χ0n) is 17.2. The molecule has 0 aliphatic carbocycles. The molecule has 0 radical (unpaired) electrons. The number of carbonyl (C=O) groups is 1. The lowest BCUT2D eigenvalue weighted by Crippen LogP contribution is -2.31. The van der Waals surface area contributed by atoms with Gasteiger partial charge in [-0.15, -0.1) is 0 Å². The number of hydrogen-bond acceptors (Lipinski definition) is 5. The van der Waals surface area contributed by atoms with Gasteiger partial charge in [0.2, 0.25) is 0 Å². The van der Waals surface area contributed by atoms with E-state index in [2.05, 4.69) is 4.90 Å². The van der Waals surface area contributed by atoms with Crippen LogP contribution in [0.15, 0.2) is 59.6 Å². The Labute approximate surface area is 181 Å². The summed E-state index contributed by atoms with van der Waals surface area (Å²) in [7, 11) is -3.92. The molecule has 0 atom stereocenters. The van der Waals surface area contributed by atoms with E-state index in [1.165, 1.54) is 66.8 Å². The minimum absolute atomic E-state index is 0.0667. The highest BCUT2D eigenvalue weighted by Gasteiger charge is 2.20. The molecule has 2 heterocycles. The summed E-state index contributed by atoms with van der Waals surface area (Å²) in [6.07, 6.45) is 6.31. The SMILES string of the molecule is O=C(O)c1cccc(S(=O)(=O)n2ccc3cc(OCCCN4CCCCC4)ccc32)c1. The van der Waals surface area contributed by atoms with Gasteiger partial charge in [-0.3, -0.25) is 0 Å². The first-order valence-corrected chi connectivity index (χ1v) is 11.9. The Bertz CT molecular complexity index is 1180. The van der Waals surface area contributed by atoms with E-state index in [1.807, 2.05) is 6.07 Å². The fourth-order valence-corrected chi connectivity index (χ4v) is 5.36. The van der Waals surface area contributed by atoms with E-state index in [0.29, 0.717) is 17.9 Å². The summed E-state index contributed by atoms with van der Waals surface area (Å²) in [6.45, 7) is 3.99. The lowest BCUT2D eigenvalue weighted by atomic mass is 10.1. The van der Waals surface area contributed by atoms with Crippen LogP contribution in [0.4, 0.5) is 0 Å². The maximum atomic E-state index is 13.1. The van der Waals surface area contributed by atoms with Crippen LogP contribution in [-0.2, 0) is 10.0 Å². The molecule has 7 nitrogen and oxygen atoms in total. The number of fused-ring (bicyclic) bond motifs is 1. The summed E-state index contributed by atoms with van der Waals surface area (Å²) in [5.74, 6) is -0.467. The van der Waals surface area contributed by atoms with Crippen LogP contribution in [0, 0.1) is 0 Å². The Morgan fingerprint density at radius 1 is 1.03 bits per heavy atom. The molecule has 0 unspecified atom stereocenters. The quantitative estimate of drug-likeness (QED) is 0.534. The molecule has 0 saturated carbocycles. The molecule has 0 amide bonds. The molecular formula is C23H26N2O5S. The zero-order chi connectivity index (χ0) is 21.8. The van der Waals surface area contributed by atoms with Crippen LogP contribution in [0.3, 0.4) is 0 Å². The van der Waals surface area contributed by atoms with E-state index < -0.39 is 16.0 Å². The molecule has 0 spiro atoms. The van der Waals surface area contributed by atoms with E-state index in [0.717, 1.165) is 18.4 Å². The van der Waals surface area contributed by atoms with Crippen molar-refractivity contribution in [3.63, 3.8) is 0 Å². The van der Waals surface area contributed by atoms with E-state index >= 15 is 0 Å². The number of piperidine rings is 1. The minimum Gasteiger partial charge on any atom is -0.494 e. The number of benzene rings is 2. The predicted molar refractivity (Wildman–Crippen MR) is 118 cm³/mol. The third-order valence-electron chi connectivity index (χ3n) is 5.60.